The molecule has 0 bridgehead atoms. The molecule has 1 amide bonds. The van der Waals surface area contributed by atoms with E-state index in [9.17, 15) is 9.18 Å². The van der Waals surface area contributed by atoms with Gasteiger partial charge in [-0.3, -0.25) is 4.79 Å². The molecular formula is C11H9FN2OS. The molecule has 1 N–H and O–H groups in total. The number of halogens is 1. The number of carbonyl (C=O) groups excluding carboxylic acids is 1. The minimum absolute atomic E-state index is 0.297. The molecule has 0 aliphatic rings. The van der Waals surface area contributed by atoms with Gasteiger partial charge in [-0.1, -0.05) is 6.07 Å². The summed E-state index contributed by atoms with van der Waals surface area (Å²) in [6.07, 6.45) is 0. The van der Waals surface area contributed by atoms with E-state index in [1.807, 2.05) is 6.92 Å². The van der Waals surface area contributed by atoms with Gasteiger partial charge < -0.3 is 5.32 Å². The summed E-state index contributed by atoms with van der Waals surface area (Å²) in [6, 6.07) is 7.33. The Morgan fingerprint density at radius 3 is 2.88 bits per heavy atom. The molecule has 0 radical (unpaired) electrons. The first kappa shape index (κ1) is 10.8. The third-order valence-electron chi connectivity index (χ3n) is 1.95. The summed E-state index contributed by atoms with van der Waals surface area (Å²) in [5.74, 6) is -0.753. The van der Waals surface area contributed by atoms with Crippen LogP contribution in [0.25, 0.3) is 0 Å². The van der Waals surface area contributed by atoms with Gasteiger partial charge in [0.2, 0.25) is 0 Å². The van der Waals surface area contributed by atoms with Gasteiger partial charge in [-0.05, 0) is 42.7 Å². The van der Waals surface area contributed by atoms with Crippen LogP contribution in [0.1, 0.15) is 16.1 Å². The van der Waals surface area contributed by atoms with Crippen molar-refractivity contribution in [2.24, 2.45) is 0 Å². The normalized spacial score (nSPS) is 10.1. The molecule has 1 aromatic heterocycles. The smallest absolute Gasteiger partial charge is 0.256 e. The van der Waals surface area contributed by atoms with Crippen LogP contribution in [0.2, 0.25) is 0 Å². The lowest BCUT2D eigenvalue weighted by molar-refractivity contribution is 0.102. The largest absolute Gasteiger partial charge is 0.312 e. The topological polar surface area (TPSA) is 42.0 Å². The van der Waals surface area contributed by atoms with Gasteiger partial charge in [-0.25, -0.2) is 4.39 Å². The average Bonchev–Trinajstić information content (AvgIpc) is 2.64. The lowest BCUT2D eigenvalue weighted by Gasteiger charge is -2.01. The van der Waals surface area contributed by atoms with Crippen molar-refractivity contribution in [2.45, 2.75) is 6.92 Å². The number of nitrogens with zero attached hydrogens (tertiary/aromatic N) is 1. The highest BCUT2D eigenvalue weighted by Gasteiger charge is 2.08. The summed E-state index contributed by atoms with van der Waals surface area (Å²) < 4.78 is 16.9. The van der Waals surface area contributed by atoms with Crippen molar-refractivity contribution in [1.29, 1.82) is 0 Å². The maximum atomic E-state index is 12.9. The highest BCUT2D eigenvalue weighted by molar-refractivity contribution is 7.10. The fraction of sp³-hybridized carbons (Fsp3) is 0.0909. The maximum absolute atomic E-state index is 12.9. The van der Waals surface area contributed by atoms with Crippen LogP contribution in [-0.4, -0.2) is 10.3 Å². The molecule has 82 valence electrons. The number of carbonyl (C=O) groups is 1. The molecule has 0 aliphatic heterocycles. The van der Waals surface area contributed by atoms with E-state index in [4.69, 9.17) is 0 Å². The third-order valence-corrected chi connectivity index (χ3v) is 2.75. The fourth-order valence-electron chi connectivity index (χ4n) is 1.24. The van der Waals surface area contributed by atoms with Crippen LogP contribution in [0, 0.1) is 12.7 Å². The van der Waals surface area contributed by atoms with E-state index in [1.54, 1.807) is 12.1 Å². The van der Waals surface area contributed by atoms with Crippen LogP contribution in [0.15, 0.2) is 30.3 Å². The summed E-state index contributed by atoms with van der Waals surface area (Å²) in [5, 5.41) is 3.32. The molecular weight excluding hydrogens is 227 g/mol. The Hall–Kier alpha value is -1.75. The van der Waals surface area contributed by atoms with Gasteiger partial charge in [0, 0.05) is 5.56 Å². The summed E-state index contributed by atoms with van der Waals surface area (Å²) in [4.78, 5) is 11.7. The second-order valence-corrected chi connectivity index (χ2v) is 4.10. The quantitative estimate of drug-likeness (QED) is 0.871. The second kappa shape index (κ2) is 4.40. The van der Waals surface area contributed by atoms with Crippen LogP contribution in [0.3, 0.4) is 0 Å². The van der Waals surface area contributed by atoms with Gasteiger partial charge in [0.25, 0.3) is 5.91 Å². The Bertz CT molecular complexity index is 524. The van der Waals surface area contributed by atoms with E-state index in [2.05, 4.69) is 9.69 Å². The number of anilines is 1. The molecule has 1 aromatic carbocycles. The van der Waals surface area contributed by atoms with Gasteiger partial charge >= 0.3 is 0 Å². The number of aromatic nitrogens is 1. The Morgan fingerprint density at radius 2 is 2.25 bits per heavy atom. The lowest BCUT2D eigenvalue weighted by Crippen LogP contribution is -2.10. The predicted molar refractivity (Wildman–Crippen MR) is 61.2 cm³/mol. The molecule has 2 rings (SSSR count). The van der Waals surface area contributed by atoms with Gasteiger partial charge in [0.15, 0.2) is 0 Å². The predicted octanol–water partition coefficient (Wildman–Crippen LogP) is 2.84. The molecule has 0 saturated heterocycles. The first-order valence-electron chi connectivity index (χ1n) is 4.65. The molecule has 0 aliphatic carbocycles. The van der Waals surface area contributed by atoms with E-state index in [0.29, 0.717) is 10.6 Å². The first-order valence-corrected chi connectivity index (χ1v) is 5.43. The second-order valence-electron chi connectivity index (χ2n) is 3.30. The van der Waals surface area contributed by atoms with Crippen molar-refractivity contribution in [3.8, 4) is 0 Å². The SMILES string of the molecule is Cc1cc(NC(=O)c2cccc(F)c2)sn1. The number of nitrogens with one attached hydrogen (secondary N) is 1. The monoisotopic (exact) mass is 236 g/mol. The number of aryl methyl sites for hydroxylation is 1. The van der Waals surface area contributed by atoms with Crippen LogP contribution in [0.5, 0.6) is 0 Å². The zero-order chi connectivity index (χ0) is 11.5. The lowest BCUT2D eigenvalue weighted by atomic mass is 10.2. The highest BCUT2D eigenvalue weighted by atomic mass is 32.1. The molecule has 0 spiro atoms. The van der Waals surface area contributed by atoms with Gasteiger partial charge in [-0.15, -0.1) is 0 Å². The Morgan fingerprint density at radius 1 is 1.44 bits per heavy atom. The van der Waals surface area contributed by atoms with E-state index < -0.39 is 5.82 Å². The molecule has 0 saturated carbocycles. The summed E-state index contributed by atoms with van der Waals surface area (Å²) in [6.45, 7) is 1.84. The number of hydrogen-bond donors (Lipinski definition) is 1. The van der Waals surface area contributed by atoms with E-state index in [1.165, 1.54) is 29.7 Å². The van der Waals surface area contributed by atoms with Crippen molar-refractivity contribution in [3.63, 3.8) is 0 Å². The van der Waals surface area contributed by atoms with Crippen molar-refractivity contribution >= 4 is 22.4 Å². The van der Waals surface area contributed by atoms with E-state index in [-0.39, 0.29) is 5.91 Å². The Kier molecular flexibility index (Phi) is 2.96. The molecule has 1 heterocycles. The molecule has 3 nitrogen and oxygen atoms in total. The van der Waals surface area contributed by atoms with E-state index >= 15 is 0 Å². The van der Waals surface area contributed by atoms with Gasteiger partial charge in [0.05, 0.1) is 5.69 Å². The summed E-state index contributed by atoms with van der Waals surface area (Å²) >= 11 is 1.20. The zero-order valence-electron chi connectivity index (χ0n) is 8.53. The minimum Gasteiger partial charge on any atom is -0.312 e. The van der Waals surface area contributed by atoms with Crippen LogP contribution >= 0.6 is 11.5 Å². The fourth-order valence-corrected chi connectivity index (χ4v) is 1.89. The molecule has 2 aromatic rings. The minimum atomic E-state index is -0.423. The van der Waals surface area contributed by atoms with Crippen molar-refractivity contribution in [3.05, 3.63) is 47.4 Å². The zero-order valence-corrected chi connectivity index (χ0v) is 9.34. The van der Waals surface area contributed by atoms with Crippen molar-refractivity contribution < 1.29 is 9.18 Å². The van der Waals surface area contributed by atoms with Crippen LogP contribution in [-0.2, 0) is 0 Å². The number of amides is 1. The molecule has 0 atom stereocenters. The van der Waals surface area contributed by atoms with Gasteiger partial charge in [0.1, 0.15) is 10.8 Å². The van der Waals surface area contributed by atoms with Crippen molar-refractivity contribution in [1.82, 2.24) is 4.37 Å². The molecule has 16 heavy (non-hydrogen) atoms. The standard InChI is InChI=1S/C11H9FN2OS/c1-7-5-10(16-14-7)13-11(15)8-3-2-4-9(12)6-8/h2-6H,1H3,(H,13,15). The number of rotatable bonds is 2. The van der Waals surface area contributed by atoms with Crippen LogP contribution < -0.4 is 5.32 Å². The van der Waals surface area contributed by atoms with Gasteiger partial charge in [-0.2, -0.15) is 4.37 Å². The highest BCUT2D eigenvalue weighted by Crippen LogP contribution is 2.16. The summed E-state index contributed by atoms with van der Waals surface area (Å²) in [7, 11) is 0. The first-order chi connectivity index (χ1) is 7.65. The Labute approximate surface area is 96.1 Å². The molecule has 5 heteroatoms. The Balaban J connectivity index is 2.14. The summed E-state index contributed by atoms with van der Waals surface area (Å²) in [5.41, 5.74) is 1.14. The molecule has 0 unspecified atom stereocenters. The van der Waals surface area contributed by atoms with Crippen LogP contribution in [0.4, 0.5) is 9.39 Å². The average molecular weight is 236 g/mol. The van der Waals surface area contributed by atoms with E-state index in [0.717, 1.165) is 5.69 Å². The number of benzene rings is 1. The maximum Gasteiger partial charge on any atom is 0.256 e. The molecule has 0 fully saturated rings. The third kappa shape index (κ3) is 2.43. The van der Waals surface area contributed by atoms with Crippen molar-refractivity contribution in [2.75, 3.05) is 5.32 Å². The number of hydrogen-bond acceptors (Lipinski definition) is 3.